The van der Waals surface area contributed by atoms with E-state index in [9.17, 15) is 4.79 Å². The second-order valence-electron chi connectivity index (χ2n) is 5.49. The van der Waals surface area contributed by atoms with E-state index in [1.807, 2.05) is 19.0 Å². The first kappa shape index (κ1) is 11.9. The largest absolute Gasteiger partial charge is 0.352 e. The van der Waals surface area contributed by atoms with Gasteiger partial charge in [0.2, 0.25) is 5.91 Å². The van der Waals surface area contributed by atoms with Crippen LogP contribution in [0.1, 0.15) is 19.3 Å². The highest BCUT2D eigenvalue weighted by atomic mass is 16.2. The van der Waals surface area contributed by atoms with Gasteiger partial charge in [-0.1, -0.05) is 0 Å². The molecule has 4 nitrogen and oxygen atoms in total. The van der Waals surface area contributed by atoms with E-state index in [0.29, 0.717) is 12.6 Å². The Morgan fingerprint density at radius 3 is 2.81 bits per heavy atom. The Kier molecular flexibility index (Phi) is 3.82. The molecule has 1 aliphatic carbocycles. The van der Waals surface area contributed by atoms with E-state index >= 15 is 0 Å². The van der Waals surface area contributed by atoms with Gasteiger partial charge in [0.05, 0.1) is 6.54 Å². The van der Waals surface area contributed by atoms with Gasteiger partial charge in [-0.25, -0.2) is 0 Å². The molecular formula is C12H23N3O. The molecule has 1 aliphatic heterocycles. The van der Waals surface area contributed by atoms with Gasteiger partial charge in [-0.15, -0.1) is 0 Å². The Bertz CT molecular complexity index is 255. The lowest BCUT2D eigenvalue weighted by Crippen LogP contribution is -2.43. The van der Waals surface area contributed by atoms with E-state index in [1.165, 1.54) is 13.0 Å². The molecule has 0 aromatic rings. The zero-order chi connectivity index (χ0) is 11.5. The number of fused-ring (bicyclic) bond motifs is 1. The van der Waals surface area contributed by atoms with Crippen LogP contribution < -0.4 is 10.6 Å². The molecule has 0 aromatic carbocycles. The minimum atomic E-state index is 0.166. The van der Waals surface area contributed by atoms with Crippen molar-refractivity contribution in [3.8, 4) is 0 Å². The standard InChI is InChI=1S/C12H23N3O/c1-15(2)8-12(16)14-11-4-3-9-6-13-7-10(9)5-11/h9-11,13H,3-8H2,1-2H3,(H,14,16)/t9-,10+,11?/m0/s1. The van der Waals surface area contributed by atoms with Gasteiger partial charge in [-0.3, -0.25) is 4.79 Å². The molecule has 1 amide bonds. The number of carbonyl (C=O) groups is 1. The fourth-order valence-electron chi connectivity index (χ4n) is 2.99. The minimum absolute atomic E-state index is 0.166. The van der Waals surface area contributed by atoms with Crippen molar-refractivity contribution in [3.63, 3.8) is 0 Å². The van der Waals surface area contributed by atoms with Crippen LogP contribution in [0.2, 0.25) is 0 Å². The fourth-order valence-corrected chi connectivity index (χ4v) is 2.99. The predicted octanol–water partition coefficient (Wildman–Crippen LogP) is 0.0523. The normalized spacial score (nSPS) is 33.8. The van der Waals surface area contributed by atoms with E-state index < -0.39 is 0 Å². The van der Waals surface area contributed by atoms with Gasteiger partial charge in [0, 0.05) is 6.04 Å². The van der Waals surface area contributed by atoms with Crippen molar-refractivity contribution in [2.24, 2.45) is 11.8 Å². The van der Waals surface area contributed by atoms with Crippen LogP contribution >= 0.6 is 0 Å². The number of amides is 1. The minimum Gasteiger partial charge on any atom is -0.352 e. The molecule has 0 radical (unpaired) electrons. The molecule has 2 aliphatic rings. The number of carbonyl (C=O) groups excluding carboxylic acids is 1. The average Bonchev–Trinajstić information content (AvgIpc) is 2.63. The van der Waals surface area contributed by atoms with E-state index in [-0.39, 0.29) is 5.91 Å². The first-order valence-electron chi connectivity index (χ1n) is 6.30. The van der Waals surface area contributed by atoms with E-state index in [2.05, 4.69) is 10.6 Å². The molecule has 0 spiro atoms. The highest BCUT2D eigenvalue weighted by Crippen LogP contribution is 2.32. The first-order chi connectivity index (χ1) is 7.65. The first-order valence-corrected chi connectivity index (χ1v) is 6.30. The van der Waals surface area contributed by atoms with Crippen molar-refractivity contribution in [3.05, 3.63) is 0 Å². The molecule has 0 bridgehead atoms. The Balaban J connectivity index is 1.76. The van der Waals surface area contributed by atoms with Crippen LogP contribution in [0.5, 0.6) is 0 Å². The lowest BCUT2D eigenvalue weighted by molar-refractivity contribution is -0.122. The van der Waals surface area contributed by atoms with Crippen molar-refractivity contribution < 1.29 is 4.79 Å². The number of hydrogen-bond acceptors (Lipinski definition) is 3. The number of hydrogen-bond donors (Lipinski definition) is 2. The SMILES string of the molecule is CN(C)CC(=O)NC1CC[C@H]2CNC[C@H]2C1. The van der Waals surface area contributed by atoms with Crippen molar-refractivity contribution in [1.29, 1.82) is 0 Å². The molecule has 4 heteroatoms. The smallest absolute Gasteiger partial charge is 0.234 e. The van der Waals surface area contributed by atoms with Crippen LogP contribution in [0, 0.1) is 11.8 Å². The summed E-state index contributed by atoms with van der Waals surface area (Å²) in [5.74, 6) is 1.82. The number of nitrogens with one attached hydrogen (secondary N) is 2. The maximum Gasteiger partial charge on any atom is 0.234 e. The topological polar surface area (TPSA) is 44.4 Å². The molecule has 3 atom stereocenters. The Morgan fingerprint density at radius 2 is 2.06 bits per heavy atom. The van der Waals surface area contributed by atoms with Crippen LogP contribution in [-0.4, -0.2) is 50.6 Å². The summed E-state index contributed by atoms with van der Waals surface area (Å²) < 4.78 is 0. The number of likely N-dealkylation sites (N-methyl/N-ethyl adjacent to an activating group) is 1. The molecule has 2 fully saturated rings. The summed E-state index contributed by atoms with van der Waals surface area (Å²) in [5, 5.41) is 6.60. The van der Waals surface area contributed by atoms with Crippen LogP contribution in [0.4, 0.5) is 0 Å². The summed E-state index contributed by atoms with van der Waals surface area (Å²) in [4.78, 5) is 13.6. The van der Waals surface area contributed by atoms with E-state index in [0.717, 1.165) is 31.2 Å². The third kappa shape index (κ3) is 2.95. The molecule has 1 saturated carbocycles. The zero-order valence-corrected chi connectivity index (χ0v) is 10.3. The third-order valence-electron chi connectivity index (χ3n) is 3.78. The van der Waals surface area contributed by atoms with E-state index in [1.54, 1.807) is 0 Å². The molecule has 1 unspecified atom stereocenters. The maximum atomic E-state index is 11.6. The number of nitrogens with zero attached hydrogens (tertiary/aromatic N) is 1. The zero-order valence-electron chi connectivity index (χ0n) is 10.3. The number of rotatable bonds is 3. The second-order valence-corrected chi connectivity index (χ2v) is 5.49. The Hall–Kier alpha value is -0.610. The van der Waals surface area contributed by atoms with Crippen LogP contribution in [0.15, 0.2) is 0 Å². The fraction of sp³-hybridized carbons (Fsp3) is 0.917. The summed E-state index contributed by atoms with van der Waals surface area (Å²) >= 11 is 0. The van der Waals surface area contributed by atoms with Crippen molar-refractivity contribution in [2.45, 2.75) is 25.3 Å². The predicted molar refractivity (Wildman–Crippen MR) is 64.2 cm³/mol. The van der Waals surface area contributed by atoms with E-state index in [4.69, 9.17) is 0 Å². The van der Waals surface area contributed by atoms with Crippen molar-refractivity contribution in [1.82, 2.24) is 15.5 Å². The Labute approximate surface area is 97.8 Å². The third-order valence-corrected chi connectivity index (χ3v) is 3.78. The van der Waals surface area contributed by atoms with Gasteiger partial charge in [0.25, 0.3) is 0 Å². The molecule has 16 heavy (non-hydrogen) atoms. The summed E-state index contributed by atoms with van der Waals surface area (Å²) in [7, 11) is 3.86. The molecule has 1 heterocycles. The highest BCUT2D eigenvalue weighted by molar-refractivity contribution is 5.78. The summed E-state index contributed by atoms with van der Waals surface area (Å²) in [6.07, 6.45) is 3.59. The van der Waals surface area contributed by atoms with Gasteiger partial charge in [-0.05, 0) is 58.3 Å². The van der Waals surface area contributed by atoms with Gasteiger partial charge in [0.1, 0.15) is 0 Å². The van der Waals surface area contributed by atoms with Crippen LogP contribution in [0.3, 0.4) is 0 Å². The molecule has 1 saturated heterocycles. The quantitative estimate of drug-likeness (QED) is 0.713. The molecule has 92 valence electrons. The highest BCUT2D eigenvalue weighted by Gasteiger charge is 2.34. The lowest BCUT2D eigenvalue weighted by Gasteiger charge is -2.31. The summed E-state index contributed by atoms with van der Waals surface area (Å²) in [6, 6.07) is 0.411. The van der Waals surface area contributed by atoms with Gasteiger partial charge in [-0.2, -0.15) is 0 Å². The lowest BCUT2D eigenvalue weighted by atomic mass is 9.79. The molecule has 2 rings (SSSR count). The van der Waals surface area contributed by atoms with Gasteiger partial charge in [0.15, 0.2) is 0 Å². The second kappa shape index (κ2) is 5.15. The van der Waals surface area contributed by atoms with Crippen molar-refractivity contribution >= 4 is 5.91 Å². The molecule has 2 N–H and O–H groups in total. The van der Waals surface area contributed by atoms with Crippen molar-refractivity contribution in [2.75, 3.05) is 33.7 Å². The van der Waals surface area contributed by atoms with Crippen LogP contribution in [0.25, 0.3) is 0 Å². The molecule has 0 aromatic heterocycles. The summed E-state index contributed by atoms with van der Waals surface area (Å²) in [6.45, 7) is 2.83. The average molecular weight is 225 g/mol. The Morgan fingerprint density at radius 1 is 1.31 bits per heavy atom. The van der Waals surface area contributed by atoms with Crippen LogP contribution in [-0.2, 0) is 4.79 Å². The van der Waals surface area contributed by atoms with Gasteiger partial charge < -0.3 is 15.5 Å². The molecular weight excluding hydrogens is 202 g/mol. The monoisotopic (exact) mass is 225 g/mol. The van der Waals surface area contributed by atoms with Gasteiger partial charge >= 0.3 is 0 Å². The summed E-state index contributed by atoms with van der Waals surface area (Å²) in [5.41, 5.74) is 0. The maximum absolute atomic E-state index is 11.6.